The number of hydrogen-bond donors (Lipinski definition) is 3. The molecular formula is C26H24FN5O. The van der Waals surface area contributed by atoms with Gasteiger partial charge in [0.15, 0.2) is 0 Å². The summed E-state index contributed by atoms with van der Waals surface area (Å²) >= 11 is 0. The van der Waals surface area contributed by atoms with Crippen molar-refractivity contribution < 1.29 is 9.18 Å². The third kappa shape index (κ3) is 5.71. The van der Waals surface area contributed by atoms with E-state index in [0.29, 0.717) is 28.7 Å². The minimum absolute atomic E-state index is 0.269. The minimum Gasteiger partial charge on any atom is -0.340 e. The van der Waals surface area contributed by atoms with E-state index >= 15 is 0 Å². The Morgan fingerprint density at radius 3 is 1.85 bits per heavy atom. The molecule has 0 atom stereocenters. The summed E-state index contributed by atoms with van der Waals surface area (Å²) in [5.74, 6) is 1.18. The van der Waals surface area contributed by atoms with Gasteiger partial charge in [0, 0.05) is 28.7 Å². The molecule has 0 unspecified atom stereocenters. The Balaban J connectivity index is 1.43. The fraction of sp³-hybridized carbons (Fsp3) is 0.115. The van der Waals surface area contributed by atoms with Gasteiger partial charge in [-0.05, 0) is 74.9 Å². The Labute approximate surface area is 191 Å². The maximum absolute atomic E-state index is 13.7. The van der Waals surface area contributed by atoms with E-state index in [0.717, 1.165) is 11.4 Å². The third-order valence-corrected chi connectivity index (χ3v) is 5.01. The Bertz CT molecular complexity index is 1290. The van der Waals surface area contributed by atoms with Crippen molar-refractivity contribution in [2.45, 2.75) is 20.8 Å². The van der Waals surface area contributed by atoms with Crippen LogP contribution in [0.1, 0.15) is 27.3 Å². The van der Waals surface area contributed by atoms with Gasteiger partial charge < -0.3 is 16.0 Å². The summed E-state index contributed by atoms with van der Waals surface area (Å²) in [6.07, 6.45) is 0. The zero-order valence-corrected chi connectivity index (χ0v) is 18.6. The van der Waals surface area contributed by atoms with Crippen LogP contribution in [0, 0.1) is 26.6 Å². The Kier molecular flexibility index (Phi) is 6.31. The van der Waals surface area contributed by atoms with Gasteiger partial charge in [0.2, 0.25) is 0 Å². The number of amides is 1. The summed E-state index contributed by atoms with van der Waals surface area (Å²) in [4.78, 5) is 21.3. The SMILES string of the molecule is Cc1ccc(Nc2cc(Nc3ccc(NC(=O)c4ccc(C)c(F)c4)cc3)nc(C)n2)cc1. The molecule has 33 heavy (non-hydrogen) atoms. The number of nitrogens with zero attached hydrogens (tertiary/aromatic N) is 2. The van der Waals surface area contributed by atoms with Crippen molar-refractivity contribution in [3.63, 3.8) is 0 Å². The second-order valence-corrected chi connectivity index (χ2v) is 7.80. The predicted molar refractivity (Wildman–Crippen MR) is 130 cm³/mol. The molecule has 0 bridgehead atoms. The molecule has 4 aromatic rings. The summed E-state index contributed by atoms with van der Waals surface area (Å²) in [7, 11) is 0. The van der Waals surface area contributed by atoms with E-state index in [1.165, 1.54) is 11.6 Å². The summed E-state index contributed by atoms with van der Waals surface area (Å²) in [5, 5.41) is 9.32. The monoisotopic (exact) mass is 441 g/mol. The molecule has 166 valence electrons. The lowest BCUT2D eigenvalue weighted by Crippen LogP contribution is -2.12. The third-order valence-electron chi connectivity index (χ3n) is 5.01. The van der Waals surface area contributed by atoms with Crippen LogP contribution in [0.15, 0.2) is 72.8 Å². The number of anilines is 5. The van der Waals surface area contributed by atoms with Crippen LogP contribution in [0.4, 0.5) is 33.1 Å². The molecule has 6 nitrogen and oxygen atoms in total. The molecule has 0 radical (unpaired) electrons. The summed E-state index contributed by atoms with van der Waals surface area (Å²) in [5.41, 5.74) is 4.30. The van der Waals surface area contributed by atoms with Crippen molar-refractivity contribution >= 4 is 34.6 Å². The average molecular weight is 442 g/mol. The van der Waals surface area contributed by atoms with Gasteiger partial charge in [-0.2, -0.15) is 0 Å². The molecule has 1 amide bonds. The van der Waals surface area contributed by atoms with Crippen LogP contribution in [0.2, 0.25) is 0 Å². The van der Waals surface area contributed by atoms with Crippen LogP contribution in [-0.4, -0.2) is 15.9 Å². The number of hydrogen-bond acceptors (Lipinski definition) is 5. The van der Waals surface area contributed by atoms with Gasteiger partial charge in [-0.25, -0.2) is 14.4 Å². The van der Waals surface area contributed by atoms with Crippen molar-refractivity contribution in [1.29, 1.82) is 0 Å². The van der Waals surface area contributed by atoms with E-state index in [4.69, 9.17) is 0 Å². The molecule has 1 heterocycles. The van der Waals surface area contributed by atoms with E-state index < -0.39 is 5.82 Å². The van der Waals surface area contributed by atoms with Gasteiger partial charge in [-0.1, -0.05) is 23.8 Å². The van der Waals surface area contributed by atoms with Crippen LogP contribution < -0.4 is 16.0 Å². The number of aromatic nitrogens is 2. The average Bonchev–Trinajstić information content (AvgIpc) is 2.78. The number of carbonyl (C=O) groups is 1. The van der Waals surface area contributed by atoms with Crippen molar-refractivity contribution in [2.24, 2.45) is 0 Å². The number of nitrogens with one attached hydrogen (secondary N) is 3. The molecule has 3 N–H and O–H groups in total. The first-order valence-corrected chi connectivity index (χ1v) is 10.5. The summed E-state index contributed by atoms with van der Waals surface area (Å²) < 4.78 is 13.7. The van der Waals surface area contributed by atoms with Gasteiger partial charge in [-0.3, -0.25) is 4.79 Å². The zero-order valence-electron chi connectivity index (χ0n) is 18.6. The standard InChI is InChI=1S/C26H24FN5O/c1-16-4-8-20(9-5-16)30-24-15-25(29-18(3)28-24)31-21-10-12-22(13-11-21)32-26(33)19-7-6-17(2)23(27)14-19/h4-15H,1-3H3,(H,32,33)(H2,28,29,30,31). The fourth-order valence-corrected chi connectivity index (χ4v) is 3.20. The highest BCUT2D eigenvalue weighted by Crippen LogP contribution is 2.22. The van der Waals surface area contributed by atoms with E-state index in [1.807, 2.05) is 56.3 Å². The van der Waals surface area contributed by atoms with Crippen LogP contribution in [0.25, 0.3) is 0 Å². The second-order valence-electron chi connectivity index (χ2n) is 7.80. The highest BCUT2D eigenvalue weighted by atomic mass is 19.1. The zero-order chi connectivity index (χ0) is 23.4. The van der Waals surface area contributed by atoms with Crippen LogP contribution >= 0.6 is 0 Å². The minimum atomic E-state index is -0.404. The molecule has 0 fully saturated rings. The molecule has 4 rings (SSSR count). The number of carbonyl (C=O) groups excluding carboxylic acids is 1. The van der Waals surface area contributed by atoms with Gasteiger partial charge in [-0.15, -0.1) is 0 Å². The maximum atomic E-state index is 13.7. The second kappa shape index (κ2) is 9.48. The molecule has 0 saturated heterocycles. The molecule has 7 heteroatoms. The molecule has 3 aromatic carbocycles. The Morgan fingerprint density at radius 1 is 0.727 bits per heavy atom. The quantitative estimate of drug-likeness (QED) is 0.328. The van der Waals surface area contributed by atoms with Crippen molar-refractivity contribution in [2.75, 3.05) is 16.0 Å². The number of benzene rings is 3. The van der Waals surface area contributed by atoms with Crippen molar-refractivity contribution in [3.05, 3.63) is 101 Å². The van der Waals surface area contributed by atoms with Crippen molar-refractivity contribution in [1.82, 2.24) is 9.97 Å². The van der Waals surface area contributed by atoms with Gasteiger partial charge in [0.25, 0.3) is 5.91 Å². The Morgan fingerprint density at radius 2 is 1.27 bits per heavy atom. The summed E-state index contributed by atoms with van der Waals surface area (Å²) in [6, 6.07) is 21.5. The fourth-order valence-electron chi connectivity index (χ4n) is 3.20. The van der Waals surface area contributed by atoms with Gasteiger partial charge in [0.1, 0.15) is 23.3 Å². The van der Waals surface area contributed by atoms with E-state index in [1.54, 1.807) is 31.2 Å². The first-order chi connectivity index (χ1) is 15.9. The molecule has 0 saturated carbocycles. The summed E-state index contributed by atoms with van der Waals surface area (Å²) in [6.45, 7) is 5.53. The van der Waals surface area contributed by atoms with E-state index in [9.17, 15) is 9.18 Å². The molecular weight excluding hydrogens is 417 g/mol. The normalized spacial score (nSPS) is 10.5. The molecule has 0 aliphatic carbocycles. The Hall–Kier alpha value is -4.26. The topological polar surface area (TPSA) is 78.9 Å². The van der Waals surface area contributed by atoms with Crippen LogP contribution in [-0.2, 0) is 0 Å². The molecule has 0 aliphatic rings. The predicted octanol–water partition coefficient (Wildman–Crippen LogP) is 6.28. The molecule has 0 aliphatic heterocycles. The molecule has 1 aromatic heterocycles. The first kappa shape index (κ1) is 22.0. The molecule has 0 spiro atoms. The van der Waals surface area contributed by atoms with E-state index in [2.05, 4.69) is 25.9 Å². The largest absolute Gasteiger partial charge is 0.340 e. The highest BCUT2D eigenvalue weighted by molar-refractivity contribution is 6.04. The maximum Gasteiger partial charge on any atom is 0.255 e. The number of rotatable bonds is 6. The van der Waals surface area contributed by atoms with Crippen LogP contribution in [0.5, 0.6) is 0 Å². The van der Waals surface area contributed by atoms with Crippen molar-refractivity contribution in [3.8, 4) is 0 Å². The lowest BCUT2D eigenvalue weighted by molar-refractivity contribution is 0.102. The lowest BCUT2D eigenvalue weighted by Gasteiger charge is -2.11. The smallest absolute Gasteiger partial charge is 0.255 e. The number of aryl methyl sites for hydroxylation is 3. The highest BCUT2D eigenvalue weighted by Gasteiger charge is 2.09. The van der Waals surface area contributed by atoms with E-state index in [-0.39, 0.29) is 11.5 Å². The number of halogens is 1. The van der Waals surface area contributed by atoms with Gasteiger partial charge in [0.05, 0.1) is 0 Å². The first-order valence-electron chi connectivity index (χ1n) is 10.5. The van der Waals surface area contributed by atoms with Crippen LogP contribution in [0.3, 0.4) is 0 Å². The van der Waals surface area contributed by atoms with Gasteiger partial charge >= 0.3 is 0 Å². The lowest BCUT2D eigenvalue weighted by atomic mass is 10.1.